The third kappa shape index (κ3) is 1.34. The normalized spacial score (nSPS) is 10.5. The Morgan fingerprint density at radius 1 is 1.54 bits per heavy atom. The molecule has 0 spiro atoms. The van der Waals surface area contributed by atoms with Gasteiger partial charge >= 0.3 is 5.00 Å². The molecule has 0 saturated carbocycles. The van der Waals surface area contributed by atoms with Gasteiger partial charge in [-0.25, -0.2) is 9.97 Å². The van der Waals surface area contributed by atoms with Crippen molar-refractivity contribution in [1.82, 2.24) is 9.97 Å². The van der Waals surface area contributed by atoms with Crippen molar-refractivity contribution in [3.05, 3.63) is 27.7 Å². The maximum Gasteiger partial charge on any atom is 0.326 e. The van der Waals surface area contributed by atoms with Crippen LogP contribution in [0.1, 0.15) is 0 Å². The van der Waals surface area contributed by atoms with Crippen LogP contribution in [-0.2, 0) is 0 Å². The summed E-state index contributed by atoms with van der Waals surface area (Å²) < 4.78 is 0. The van der Waals surface area contributed by atoms with Gasteiger partial charge < -0.3 is 0 Å². The Bertz CT molecular complexity index is 484. The number of fused-ring (bicyclic) bond motifs is 1. The summed E-state index contributed by atoms with van der Waals surface area (Å²) in [6.07, 6.45) is 1.28. The average Bonchev–Trinajstić information content (AvgIpc) is 2.49. The van der Waals surface area contributed by atoms with Crippen molar-refractivity contribution in [2.45, 2.75) is 0 Å². The van der Waals surface area contributed by atoms with Gasteiger partial charge in [-0.1, -0.05) is 11.6 Å². The Hall–Kier alpha value is -1.27. The minimum absolute atomic E-state index is 0.0254. The first-order valence-electron chi connectivity index (χ1n) is 3.23. The second-order valence-corrected chi connectivity index (χ2v) is 3.59. The molecule has 0 aromatic carbocycles. The molecule has 0 unspecified atom stereocenters. The predicted octanol–water partition coefficient (Wildman–Crippen LogP) is 2.25. The van der Waals surface area contributed by atoms with Gasteiger partial charge in [0.1, 0.15) is 16.3 Å². The molecule has 0 bridgehead atoms. The van der Waals surface area contributed by atoms with Crippen LogP contribution in [0.5, 0.6) is 0 Å². The van der Waals surface area contributed by atoms with Gasteiger partial charge in [0.05, 0.1) is 10.3 Å². The molecule has 0 fully saturated rings. The van der Waals surface area contributed by atoms with Crippen LogP contribution in [0.25, 0.3) is 10.2 Å². The molecule has 0 aliphatic heterocycles. The summed E-state index contributed by atoms with van der Waals surface area (Å²) in [6.45, 7) is 0. The maximum absolute atomic E-state index is 10.4. The van der Waals surface area contributed by atoms with E-state index >= 15 is 0 Å². The van der Waals surface area contributed by atoms with E-state index in [4.69, 9.17) is 11.6 Å². The van der Waals surface area contributed by atoms with E-state index in [0.29, 0.717) is 10.2 Å². The van der Waals surface area contributed by atoms with Gasteiger partial charge in [0.2, 0.25) is 0 Å². The van der Waals surface area contributed by atoms with Crippen molar-refractivity contribution in [2.75, 3.05) is 0 Å². The van der Waals surface area contributed by atoms with Gasteiger partial charge in [0.15, 0.2) is 0 Å². The zero-order valence-corrected chi connectivity index (χ0v) is 7.67. The van der Waals surface area contributed by atoms with Crippen molar-refractivity contribution in [1.29, 1.82) is 0 Å². The SMILES string of the molecule is O=[N+]([O-])c1cc2c(Cl)ncnc2s1. The molecule has 0 aliphatic rings. The summed E-state index contributed by atoms with van der Waals surface area (Å²) in [5.74, 6) is 0. The predicted molar refractivity (Wildman–Crippen MR) is 49.1 cm³/mol. The average molecular weight is 216 g/mol. The number of nitrogens with zero attached hydrogens (tertiary/aromatic N) is 3. The van der Waals surface area contributed by atoms with Crippen LogP contribution < -0.4 is 0 Å². The molecule has 2 rings (SSSR count). The first kappa shape index (κ1) is 8.33. The fraction of sp³-hybridized carbons (Fsp3) is 0. The zero-order chi connectivity index (χ0) is 9.42. The van der Waals surface area contributed by atoms with Crippen molar-refractivity contribution in [3.63, 3.8) is 0 Å². The molecule has 5 nitrogen and oxygen atoms in total. The fourth-order valence-corrected chi connectivity index (χ4v) is 1.96. The zero-order valence-electron chi connectivity index (χ0n) is 6.10. The lowest BCUT2D eigenvalue weighted by Gasteiger charge is -1.86. The van der Waals surface area contributed by atoms with Gasteiger partial charge in [-0.05, 0) is 11.3 Å². The third-order valence-corrected chi connectivity index (χ3v) is 2.74. The van der Waals surface area contributed by atoms with E-state index in [1.54, 1.807) is 0 Å². The molecule has 0 aliphatic carbocycles. The maximum atomic E-state index is 10.4. The van der Waals surface area contributed by atoms with Crippen molar-refractivity contribution in [2.24, 2.45) is 0 Å². The van der Waals surface area contributed by atoms with E-state index in [9.17, 15) is 10.1 Å². The number of thiophene rings is 1. The summed E-state index contributed by atoms with van der Waals surface area (Å²) in [7, 11) is 0. The van der Waals surface area contributed by atoms with E-state index < -0.39 is 4.92 Å². The van der Waals surface area contributed by atoms with Gasteiger partial charge in [-0.3, -0.25) is 10.1 Å². The molecule has 2 aromatic rings. The Labute approximate surface area is 81.1 Å². The fourth-order valence-electron chi connectivity index (χ4n) is 0.904. The second kappa shape index (κ2) is 2.90. The molecule has 13 heavy (non-hydrogen) atoms. The van der Waals surface area contributed by atoms with E-state index in [1.165, 1.54) is 12.4 Å². The molecule has 7 heteroatoms. The molecule has 2 heterocycles. The molecule has 0 atom stereocenters. The summed E-state index contributed by atoms with van der Waals surface area (Å²) >= 11 is 6.69. The van der Waals surface area contributed by atoms with E-state index in [-0.39, 0.29) is 10.2 Å². The van der Waals surface area contributed by atoms with Crippen LogP contribution in [0, 0.1) is 10.1 Å². The van der Waals surface area contributed by atoms with Crippen LogP contribution in [0.4, 0.5) is 5.00 Å². The summed E-state index contributed by atoms with van der Waals surface area (Å²) in [6, 6.07) is 1.38. The minimum Gasteiger partial charge on any atom is -0.258 e. The van der Waals surface area contributed by atoms with Crippen LogP contribution in [0.3, 0.4) is 0 Å². The summed E-state index contributed by atoms with van der Waals surface area (Å²) in [5.41, 5.74) is 0. The van der Waals surface area contributed by atoms with Gasteiger partial charge in [-0.2, -0.15) is 0 Å². The molecular weight excluding hydrogens is 214 g/mol. The standard InChI is InChI=1S/C6H2ClN3O2S/c7-5-3-1-4(10(11)12)13-6(3)9-2-8-5/h1-2H. The molecule has 0 saturated heterocycles. The topological polar surface area (TPSA) is 68.9 Å². The smallest absolute Gasteiger partial charge is 0.258 e. The highest BCUT2D eigenvalue weighted by molar-refractivity contribution is 7.21. The Morgan fingerprint density at radius 2 is 2.31 bits per heavy atom. The number of nitro groups is 1. The molecular formula is C6H2ClN3O2S. The first-order chi connectivity index (χ1) is 6.18. The van der Waals surface area contributed by atoms with Crippen LogP contribution in [0.15, 0.2) is 12.4 Å². The highest BCUT2D eigenvalue weighted by atomic mass is 35.5. The lowest BCUT2D eigenvalue weighted by atomic mass is 10.4. The van der Waals surface area contributed by atoms with Crippen LogP contribution in [-0.4, -0.2) is 14.9 Å². The largest absolute Gasteiger partial charge is 0.326 e. The van der Waals surface area contributed by atoms with Crippen LogP contribution >= 0.6 is 22.9 Å². The monoisotopic (exact) mass is 215 g/mol. The van der Waals surface area contributed by atoms with E-state index in [2.05, 4.69) is 9.97 Å². The van der Waals surface area contributed by atoms with Gasteiger partial charge in [-0.15, -0.1) is 0 Å². The number of hydrogen-bond donors (Lipinski definition) is 0. The van der Waals surface area contributed by atoms with Crippen molar-refractivity contribution in [3.8, 4) is 0 Å². The van der Waals surface area contributed by atoms with Gasteiger partial charge in [0.25, 0.3) is 0 Å². The van der Waals surface area contributed by atoms with Crippen molar-refractivity contribution >= 4 is 38.2 Å². The Morgan fingerprint density at radius 3 is 2.92 bits per heavy atom. The molecule has 0 radical (unpaired) electrons. The number of rotatable bonds is 1. The molecule has 2 aromatic heterocycles. The van der Waals surface area contributed by atoms with E-state index in [0.717, 1.165) is 11.3 Å². The number of halogens is 1. The number of hydrogen-bond acceptors (Lipinski definition) is 5. The summed E-state index contributed by atoms with van der Waals surface area (Å²) in [5, 5.41) is 11.2. The van der Waals surface area contributed by atoms with Crippen LogP contribution in [0.2, 0.25) is 5.15 Å². The van der Waals surface area contributed by atoms with Crippen molar-refractivity contribution < 1.29 is 4.92 Å². The Balaban J connectivity index is 2.75. The van der Waals surface area contributed by atoms with E-state index in [1.807, 2.05) is 0 Å². The lowest BCUT2D eigenvalue weighted by molar-refractivity contribution is -0.380. The highest BCUT2D eigenvalue weighted by Crippen LogP contribution is 2.32. The molecule has 0 N–H and O–H groups in total. The van der Waals surface area contributed by atoms with Gasteiger partial charge in [0, 0.05) is 6.07 Å². The second-order valence-electron chi connectivity index (χ2n) is 2.23. The third-order valence-electron chi connectivity index (χ3n) is 1.45. The molecule has 66 valence electrons. The highest BCUT2D eigenvalue weighted by Gasteiger charge is 2.14. The minimum atomic E-state index is -0.470. The quantitative estimate of drug-likeness (QED) is 0.416. The first-order valence-corrected chi connectivity index (χ1v) is 4.42. The number of aromatic nitrogens is 2. The summed E-state index contributed by atoms with van der Waals surface area (Å²) in [4.78, 5) is 18.1. The Kier molecular flexibility index (Phi) is 1.86. The molecule has 0 amide bonds. The lowest BCUT2D eigenvalue weighted by Crippen LogP contribution is -1.80.